The standard InChI is InChI=1S/C12H20OS/c1-5-14-12(13)9-11(4)8-6-7-10(2)3/h7,9H,5-6,8H2,1-4H3/b11-9+. The van der Waals surface area contributed by atoms with Crippen molar-refractivity contribution in [1.29, 1.82) is 0 Å². The van der Waals surface area contributed by atoms with Crippen molar-refractivity contribution in [2.45, 2.75) is 40.5 Å². The molecule has 14 heavy (non-hydrogen) atoms. The highest BCUT2D eigenvalue weighted by Gasteiger charge is 1.96. The second kappa shape index (κ2) is 7.86. The van der Waals surface area contributed by atoms with Crippen molar-refractivity contribution >= 4 is 16.9 Å². The molecule has 0 aliphatic carbocycles. The number of allylic oxidation sites excluding steroid dienone is 3. The third-order valence-corrected chi connectivity index (χ3v) is 2.43. The fraction of sp³-hybridized carbons (Fsp3) is 0.583. The van der Waals surface area contributed by atoms with Gasteiger partial charge in [-0.05, 0) is 45.4 Å². The van der Waals surface area contributed by atoms with Crippen molar-refractivity contribution in [3.63, 3.8) is 0 Å². The number of thioether (sulfide) groups is 1. The molecular formula is C12H20OS. The van der Waals surface area contributed by atoms with E-state index < -0.39 is 0 Å². The van der Waals surface area contributed by atoms with Gasteiger partial charge in [-0.3, -0.25) is 4.79 Å². The van der Waals surface area contributed by atoms with E-state index >= 15 is 0 Å². The minimum absolute atomic E-state index is 0.183. The summed E-state index contributed by atoms with van der Waals surface area (Å²) in [6.07, 6.45) is 5.98. The summed E-state index contributed by atoms with van der Waals surface area (Å²) in [5.41, 5.74) is 2.51. The third-order valence-electron chi connectivity index (χ3n) is 1.74. The lowest BCUT2D eigenvalue weighted by atomic mass is 10.1. The molecule has 0 amide bonds. The van der Waals surface area contributed by atoms with E-state index in [9.17, 15) is 4.79 Å². The highest BCUT2D eigenvalue weighted by Crippen LogP contribution is 2.10. The van der Waals surface area contributed by atoms with E-state index in [1.807, 2.05) is 13.8 Å². The molecule has 0 unspecified atom stereocenters. The van der Waals surface area contributed by atoms with Gasteiger partial charge in [-0.1, -0.05) is 35.9 Å². The molecule has 0 saturated carbocycles. The monoisotopic (exact) mass is 212 g/mol. The largest absolute Gasteiger partial charge is 0.282 e. The number of carbonyl (C=O) groups excluding carboxylic acids is 1. The molecule has 0 saturated heterocycles. The molecule has 0 radical (unpaired) electrons. The van der Waals surface area contributed by atoms with Crippen molar-refractivity contribution < 1.29 is 4.79 Å². The fourth-order valence-corrected chi connectivity index (χ4v) is 1.61. The van der Waals surface area contributed by atoms with Gasteiger partial charge in [0.25, 0.3) is 0 Å². The quantitative estimate of drug-likeness (QED) is 0.507. The highest BCUT2D eigenvalue weighted by molar-refractivity contribution is 8.14. The number of carbonyl (C=O) groups is 1. The Hall–Kier alpha value is -0.500. The van der Waals surface area contributed by atoms with Gasteiger partial charge in [0.1, 0.15) is 0 Å². The summed E-state index contributed by atoms with van der Waals surface area (Å²) in [5, 5.41) is 0.183. The van der Waals surface area contributed by atoms with Gasteiger partial charge in [-0.15, -0.1) is 0 Å². The SMILES string of the molecule is CCSC(=O)/C=C(\C)CCC=C(C)C. The Morgan fingerprint density at radius 3 is 2.43 bits per heavy atom. The molecule has 2 heteroatoms. The van der Waals surface area contributed by atoms with E-state index in [0.717, 1.165) is 18.6 Å². The number of hydrogen-bond acceptors (Lipinski definition) is 2. The first-order chi connectivity index (χ1) is 6.56. The minimum atomic E-state index is 0.183. The van der Waals surface area contributed by atoms with Crippen LogP contribution in [-0.2, 0) is 4.79 Å². The van der Waals surface area contributed by atoms with E-state index in [1.54, 1.807) is 6.08 Å². The zero-order valence-electron chi connectivity index (χ0n) is 9.59. The summed E-state index contributed by atoms with van der Waals surface area (Å²) in [7, 11) is 0. The Morgan fingerprint density at radius 2 is 1.93 bits per heavy atom. The molecule has 0 atom stereocenters. The molecule has 0 aromatic heterocycles. The lowest BCUT2D eigenvalue weighted by Gasteiger charge is -1.98. The first kappa shape index (κ1) is 13.5. The molecule has 0 fully saturated rings. The maximum Gasteiger partial charge on any atom is 0.212 e. The molecule has 0 heterocycles. The summed E-state index contributed by atoms with van der Waals surface area (Å²) >= 11 is 1.37. The molecule has 0 aliphatic rings. The number of rotatable bonds is 5. The summed E-state index contributed by atoms with van der Waals surface area (Å²) in [6, 6.07) is 0. The Morgan fingerprint density at radius 1 is 1.29 bits per heavy atom. The van der Waals surface area contributed by atoms with Gasteiger partial charge in [0, 0.05) is 0 Å². The van der Waals surface area contributed by atoms with Gasteiger partial charge in [0.2, 0.25) is 5.12 Å². The van der Waals surface area contributed by atoms with Crippen LogP contribution in [0.25, 0.3) is 0 Å². The summed E-state index contributed by atoms with van der Waals surface area (Å²) in [5.74, 6) is 0.858. The summed E-state index contributed by atoms with van der Waals surface area (Å²) in [4.78, 5) is 11.2. The normalized spacial score (nSPS) is 11.3. The van der Waals surface area contributed by atoms with Crippen LogP contribution in [0.3, 0.4) is 0 Å². The van der Waals surface area contributed by atoms with Crippen LogP contribution in [0.2, 0.25) is 0 Å². The average Bonchev–Trinajstić information content (AvgIpc) is 2.03. The zero-order valence-corrected chi connectivity index (χ0v) is 10.4. The smallest absolute Gasteiger partial charge is 0.212 e. The molecule has 0 aromatic carbocycles. The van der Waals surface area contributed by atoms with Gasteiger partial charge < -0.3 is 0 Å². The van der Waals surface area contributed by atoms with Crippen LogP contribution in [0, 0.1) is 0 Å². The highest BCUT2D eigenvalue weighted by atomic mass is 32.2. The predicted molar refractivity (Wildman–Crippen MR) is 65.6 cm³/mol. The van der Waals surface area contributed by atoms with Crippen LogP contribution in [-0.4, -0.2) is 10.9 Å². The van der Waals surface area contributed by atoms with Crippen LogP contribution >= 0.6 is 11.8 Å². The van der Waals surface area contributed by atoms with Gasteiger partial charge in [0.15, 0.2) is 0 Å². The molecule has 1 nitrogen and oxygen atoms in total. The van der Waals surface area contributed by atoms with Crippen molar-refractivity contribution in [2.24, 2.45) is 0 Å². The van der Waals surface area contributed by atoms with Gasteiger partial charge >= 0.3 is 0 Å². The topological polar surface area (TPSA) is 17.1 Å². The zero-order chi connectivity index (χ0) is 11.0. The van der Waals surface area contributed by atoms with Gasteiger partial charge in [0.05, 0.1) is 0 Å². The van der Waals surface area contributed by atoms with Crippen molar-refractivity contribution in [2.75, 3.05) is 5.75 Å². The Bertz CT molecular complexity index is 235. The van der Waals surface area contributed by atoms with E-state index in [4.69, 9.17) is 0 Å². The Kier molecular flexibility index (Phi) is 7.58. The average molecular weight is 212 g/mol. The second-order valence-electron chi connectivity index (χ2n) is 3.56. The van der Waals surface area contributed by atoms with Crippen molar-refractivity contribution in [3.05, 3.63) is 23.3 Å². The Balaban J connectivity index is 3.89. The fourth-order valence-electron chi connectivity index (χ4n) is 1.05. The third kappa shape index (κ3) is 8.11. The van der Waals surface area contributed by atoms with E-state index in [2.05, 4.69) is 19.9 Å². The maximum atomic E-state index is 11.2. The van der Waals surface area contributed by atoms with Gasteiger partial charge in [-0.2, -0.15) is 0 Å². The van der Waals surface area contributed by atoms with Crippen molar-refractivity contribution in [1.82, 2.24) is 0 Å². The lowest BCUT2D eigenvalue weighted by Crippen LogP contribution is -1.88. The Labute approximate surface area is 91.7 Å². The van der Waals surface area contributed by atoms with E-state index in [-0.39, 0.29) is 5.12 Å². The molecule has 80 valence electrons. The summed E-state index contributed by atoms with van der Waals surface area (Å²) < 4.78 is 0. The summed E-state index contributed by atoms with van der Waals surface area (Å²) in [6.45, 7) is 8.20. The van der Waals surface area contributed by atoms with Crippen LogP contribution < -0.4 is 0 Å². The second-order valence-corrected chi connectivity index (χ2v) is 4.83. The molecular weight excluding hydrogens is 192 g/mol. The van der Waals surface area contributed by atoms with Crippen LogP contribution in [0.4, 0.5) is 0 Å². The van der Waals surface area contributed by atoms with E-state index in [1.165, 1.54) is 22.9 Å². The van der Waals surface area contributed by atoms with Crippen LogP contribution in [0.15, 0.2) is 23.3 Å². The van der Waals surface area contributed by atoms with Crippen LogP contribution in [0.5, 0.6) is 0 Å². The molecule has 0 bridgehead atoms. The lowest BCUT2D eigenvalue weighted by molar-refractivity contribution is -0.107. The van der Waals surface area contributed by atoms with E-state index in [0.29, 0.717) is 0 Å². The number of hydrogen-bond donors (Lipinski definition) is 0. The van der Waals surface area contributed by atoms with Crippen LogP contribution in [0.1, 0.15) is 40.5 Å². The molecule has 0 rings (SSSR count). The molecule has 0 spiro atoms. The maximum absolute atomic E-state index is 11.2. The predicted octanol–water partition coefficient (Wildman–Crippen LogP) is 3.96. The van der Waals surface area contributed by atoms with Gasteiger partial charge in [-0.25, -0.2) is 0 Å². The first-order valence-electron chi connectivity index (χ1n) is 5.03. The molecule has 0 aliphatic heterocycles. The minimum Gasteiger partial charge on any atom is -0.282 e. The first-order valence-corrected chi connectivity index (χ1v) is 6.02. The molecule has 0 N–H and O–H groups in total. The molecule has 0 aromatic rings. The van der Waals surface area contributed by atoms with Crippen molar-refractivity contribution in [3.8, 4) is 0 Å².